The van der Waals surface area contributed by atoms with Crippen LogP contribution in [0.15, 0.2) is 54.6 Å². The van der Waals surface area contributed by atoms with Crippen LogP contribution in [-0.2, 0) is 15.1 Å². The molecule has 2 aliphatic rings. The number of carbonyl (C=O) groups excluding carboxylic acids is 3. The number of hydrogen-bond acceptors (Lipinski definition) is 7. The van der Waals surface area contributed by atoms with Crippen LogP contribution in [-0.4, -0.2) is 59.6 Å². The molecule has 0 saturated heterocycles. The van der Waals surface area contributed by atoms with Crippen molar-refractivity contribution in [3.63, 3.8) is 0 Å². The smallest absolute Gasteiger partial charge is 0.340 e. The number of nitrogens with one attached hydrogen (secondary N) is 2. The number of nitrogens with zero attached hydrogens (tertiary/aromatic N) is 2. The van der Waals surface area contributed by atoms with Crippen LogP contribution in [0.4, 0.5) is 11.4 Å². The highest BCUT2D eigenvalue weighted by Gasteiger charge is 2.53. The Morgan fingerprint density at radius 2 is 1.42 bits per heavy atom. The van der Waals surface area contributed by atoms with Gasteiger partial charge in [-0.25, -0.2) is 4.79 Å². The highest BCUT2D eigenvalue weighted by Crippen LogP contribution is 2.57. The van der Waals surface area contributed by atoms with Gasteiger partial charge in [0.1, 0.15) is 11.5 Å². The minimum atomic E-state index is -1.22. The van der Waals surface area contributed by atoms with Crippen molar-refractivity contribution in [2.75, 3.05) is 51.6 Å². The Morgan fingerprint density at radius 3 is 1.97 bits per heavy atom. The first-order valence-corrected chi connectivity index (χ1v) is 12.3. The van der Waals surface area contributed by atoms with E-state index in [1.165, 1.54) is 0 Å². The van der Waals surface area contributed by atoms with Crippen molar-refractivity contribution < 1.29 is 23.9 Å². The molecule has 0 fully saturated rings. The number of esters is 1. The topological polar surface area (TPSA) is 100 Å². The second-order valence-corrected chi connectivity index (χ2v) is 9.76. The van der Waals surface area contributed by atoms with Crippen LogP contribution in [0, 0.1) is 0 Å². The summed E-state index contributed by atoms with van der Waals surface area (Å²) in [5.41, 5.74) is 3.36. The number of rotatable bonds is 6. The molecule has 0 saturated carbocycles. The molecule has 0 bridgehead atoms. The molecule has 196 valence electrons. The van der Waals surface area contributed by atoms with Crippen LogP contribution in [0.2, 0.25) is 0 Å². The monoisotopic (exact) mass is 514 g/mol. The van der Waals surface area contributed by atoms with Crippen LogP contribution >= 0.6 is 0 Å². The summed E-state index contributed by atoms with van der Waals surface area (Å²) in [6.07, 6.45) is 0.162. The summed E-state index contributed by atoms with van der Waals surface area (Å²) >= 11 is 0. The third-order valence-corrected chi connectivity index (χ3v) is 6.98. The van der Waals surface area contributed by atoms with Crippen molar-refractivity contribution in [3.05, 3.63) is 82.4 Å². The van der Waals surface area contributed by atoms with Gasteiger partial charge in [-0.3, -0.25) is 9.59 Å². The summed E-state index contributed by atoms with van der Waals surface area (Å²) in [6.45, 7) is 0.185. The molecule has 9 heteroatoms. The number of carbonyl (C=O) groups is 3. The van der Waals surface area contributed by atoms with Gasteiger partial charge in [0.25, 0.3) is 5.91 Å². The number of ether oxygens (including phenoxy) is 2. The molecule has 2 N–H and O–H groups in total. The van der Waals surface area contributed by atoms with E-state index in [0.717, 1.165) is 11.4 Å². The van der Waals surface area contributed by atoms with Crippen LogP contribution in [0.25, 0.3) is 0 Å². The molecule has 38 heavy (non-hydrogen) atoms. The largest absolute Gasteiger partial charge is 0.456 e. The first-order valence-electron chi connectivity index (χ1n) is 12.3. The summed E-state index contributed by atoms with van der Waals surface area (Å²) in [5.74, 6) is 0.126. The Hall–Kier alpha value is -4.53. The molecule has 1 spiro atoms. The van der Waals surface area contributed by atoms with E-state index in [4.69, 9.17) is 9.47 Å². The average molecular weight is 515 g/mol. The Labute approximate surface area is 221 Å². The standard InChI is InChI=1S/C29H30N4O5/c1-30-26(34)12-13-31-27(35)17-6-9-21-20(14-17)28(36)38-29(21)22-10-7-18(32(2)3)15-24(22)37-25-16-19(33(4)5)8-11-23(25)29/h6-11,14-16H,12-13H2,1-5H3,(H,30,34)(H,31,35). The van der Waals surface area contributed by atoms with Crippen LogP contribution < -0.4 is 25.2 Å². The van der Waals surface area contributed by atoms with Gasteiger partial charge >= 0.3 is 5.97 Å². The van der Waals surface area contributed by atoms with Crippen LogP contribution in [0.5, 0.6) is 11.5 Å². The maximum Gasteiger partial charge on any atom is 0.340 e. The molecule has 2 heterocycles. The van der Waals surface area contributed by atoms with Crippen molar-refractivity contribution in [1.82, 2.24) is 10.6 Å². The normalized spacial score (nSPS) is 14.0. The number of benzene rings is 3. The molecule has 5 rings (SSSR count). The zero-order chi connectivity index (χ0) is 27.2. The van der Waals surface area contributed by atoms with Crippen molar-refractivity contribution in [2.45, 2.75) is 12.0 Å². The summed E-state index contributed by atoms with van der Waals surface area (Å²) in [6, 6.07) is 16.6. The van der Waals surface area contributed by atoms with E-state index in [2.05, 4.69) is 10.6 Å². The predicted molar refractivity (Wildman–Crippen MR) is 144 cm³/mol. The van der Waals surface area contributed by atoms with Gasteiger partial charge in [-0.2, -0.15) is 0 Å². The second-order valence-electron chi connectivity index (χ2n) is 9.76. The van der Waals surface area contributed by atoms with Gasteiger partial charge < -0.3 is 29.9 Å². The molecule has 9 nitrogen and oxygen atoms in total. The minimum absolute atomic E-state index is 0.162. The third kappa shape index (κ3) is 4.00. The Morgan fingerprint density at radius 1 is 0.842 bits per heavy atom. The van der Waals surface area contributed by atoms with Crippen LogP contribution in [0.3, 0.4) is 0 Å². The summed E-state index contributed by atoms with van der Waals surface area (Å²) in [7, 11) is 9.34. The maximum atomic E-state index is 13.4. The van der Waals surface area contributed by atoms with Crippen LogP contribution in [0.1, 0.15) is 43.8 Å². The molecule has 0 aromatic heterocycles. The van der Waals surface area contributed by atoms with E-state index in [1.54, 1.807) is 25.2 Å². The zero-order valence-corrected chi connectivity index (χ0v) is 22.0. The molecule has 3 aromatic carbocycles. The van der Waals surface area contributed by atoms with E-state index in [9.17, 15) is 14.4 Å². The van der Waals surface area contributed by atoms with E-state index in [0.29, 0.717) is 39.3 Å². The Balaban J connectivity index is 1.62. The van der Waals surface area contributed by atoms with Gasteiger partial charge in [-0.15, -0.1) is 0 Å². The fourth-order valence-electron chi connectivity index (χ4n) is 4.92. The summed E-state index contributed by atoms with van der Waals surface area (Å²) in [4.78, 5) is 41.6. The minimum Gasteiger partial charge on any atom is -0.456 e. The van der Waals surface area contributed by atoms with E-state index < -0.39 is 11.6 Å². The van der Waals surface area contributed by atoms with Crippen molar-refractivity contribution in [2.24, 2.45) is 0 Å². The molecule has 0 aliphatic carbocycles. The highest BCUT2D eigenvalue weighted by atomic mass is 16.6. The molecule has 0 radical (unpaired) electrons. The van der Waals surface area contributed by atoms with E-state index in [1.807, 2.05) is 74.4 Å². The average Bonchev–Trinajstić information content (AvgIpc) is 3.19. The number of amides is 2. The SMILES string of the molecule is CNC(=O)CCNC(=O)c1ccc2c(c1)C(=O)OC21c2ccc(N(C)C)cc2Oc2cc(N(C)C)ccc21. The zero-order valence-electron chi connectivity index (χ0n) is 22.0. The van der Waals surface area contributed by atoms with Gasteiger partial charge in [0.15, 0.2) is 5.60 Å². The van der Waals surface area contributed by atoms with Gasteiger partial charge in [0.05, 0.1) is 5.56 Å². The van der Waals surface area contributed by atoms with Gasteiger partial charge in [0.2, 0.25) is 5.91 Å². The van der Waals surface area contributed by atoms with E-state index in [-0.39, 0.29) is 24.8 Å². The number of fused-ring (bicyclic) bond motifs is 6. The first kappa shape index (κ1) is 25.1. The molecule has 0 unspecified atom stereocenters. The predicted octanol–water partition coefficient (Wildman–Crippen LogP) is 3.25. The lowest BCUT2D eigenvalue weighted by Gasteiger charge is -2.37. The number of anilines is 2. The lowest BCUT2D eigenvalue weighted by Crippen LogP contribution is -2.33. The Kier molecular flexibility index (Phi) is 6.22. The lowest BCUT2D eigenvalue weighted by atomic mass is 9.77. The van der Waals surface area contributed by atoms with Crippen molar-refractivity contribution >= 4 is 29.2 Å². The third-order valence-electron chi connectivity index (χ3n) is 6.98. The maximum absolute atomic E-state index is 13.4. The Bertz CT molecular complexity index is 1410. The first-order chi connectivity index (χ1) is 18.1. The molecular formula is C29H30N4O5. The quantitative estimate of drug-likeness (QED) is 0.487. The molecular weight excluding hydrogens is 484 g/mol. The van der Waals surface area contributed by atoms with Crippen molar-refractivity contribution in [3.8, 4) is 11.5 Å². The molecule has 3 aromatic rings. The van der Waals surface area contributed by atoms with Crippen molar-refractivity contribution in [1.29, 1.82) is 0 Å². The van der Waals surface area contributed by atoms with Gasteiger partial charge in [0, 0.05) is 94.0 Å². The molecule has 2 aliphatic heterocycles. The second kappa shape index (κ2) is 9.41. The number of hydrogen-bond donors (Lipinski definition) is 2. The van der Waals surface area contributed by atoms with Gasteiger partial charge in [-0.05, 0) is 36.4 Å². The van der Waals surface area contributed by atoms with E-state index >= 15 is 0 Å². The fourth-order valence-corrected chi connectivity index (χ4v) is 4.92. The molecule has 2 amide bonds. The summed E-state index contributed by atoms with van der Waals surface area (Å²) < 4.78 is 12.6. The van der Waals surface area contributed by atoms with Gasteiger partial charge in [-0.1, -0.05) is 6.07 Å². The lowest BCUT2D eigenvalue weighted by molar-refractivity contribution is -0.120. The fraction of sp³-hybridized carbons (Fsp3) is 0.276. The summed E-state index contributed by atoms with van der Waals surface area (Å²) in [5, 5.41) is 5.24. The highest BCUT2D eigenvalue weighted by molar-refractivity contribution is 6.01. The molecule has 0 atom stereocenters.